The van der Waals surface area contributed by atoms with Gasteiger partial charge in [0.15, 0.2) is 0 Å². The van der Waals surface area contributed by atoms with Crippen LogP contribution in [0.4, 0.5) is 0 Å². The van der Waals surface area contributed by atoms with Gasteiger partial charge in [-0.2, -0.15) is 0 Å². The molecule has 1 fully saturated rings. The summed E-state index contributed by atoms with van der Waals surface area (Å²) in [6, 6.07) is 5.71. The van der Waals surface area contributed by atoms with E-state index in [9.17, 15) is 19.2 Å². The average Bonchev–Trinajstić information content (AvgIpc) is 3.09. The van der Waals surface area contributed by atoms with Crippen LogP contribution in [0.25, 0.3) is 0 Å². The fraction of sp³-hybridized carbons (Fsp3) is 0.444. The molecule has 1 atom stereocenters. The van der Waals surface area contributed by atoms with Crippen molar-refractivity contribution >= 4 is 23.8 Å². The van der Waals surface area contributed by atoms with Crippen molar-refractivity contribution in [3.63, 3.8) is 0 Å². The minimum Gasteiger partial charge on any atom is -0.465 e. The minimum atomic E-state index is -0.678. The normalized spacial score (nSPS) is 16.1. The molecule has 1 aromatic rings. The van der Waals surface area contributed by atoms with Crippen LogP contribution < -0.4 is 10.1 Å². The van der Waals surface area contributed by atoms with Crippen LogP contribution in [0.1, 0.15) is 37.0 Å². The van der Waals surface area contributed by atoms with Crippen molar-refractivity contribution in [1.29, 1.82) is 0 Å². The first kappa shape index (κ1) is 19.4. The Labute approximate surface area is 151 Å². The molecule has 0 spiro atoms. The van der Waals surface area contributed by atoms with E-state index >= 15 is 0 Å². The van der Waals surface area contributed by atoms with Gasteiger partial charge in [-0.1, -0.05) is 12.1 Å². The molecule has 8 nitrogen and oxygen atoms in total. The minimum absolute atomic E-state index is 0.155. The van der Waals surface area contributed by atoms with E-state index < -0.39 is 29.8 Å². The van der Waals surface area contributed by atoms with Crippen LogP contribution in [-0.4, -0.2) is 54.4 Å². The molecule has 1 N–H and O–H groups in total. The lowest BCUT2D eigenvalue weighted by Crippen LogP contribution is -2.47. The third kappa shape index (κ3) is 4.81. The van der Waals surface area contributed by atoms with Crippen LogP contribution in [0.5, 0.6) is 5.75 Å². The van der Waals surface area contributed by atoms with Crippen molar-refractivity contribution in [2.45, 2.75) is 32.7 Å². The highest BCUT2D eigenvalue weighted by molar-refractivity contribution is 6.00. The number of carbonyl (C=O) groups is 4. The Kier molecular flexibility index (Phi) is 6.71. The standard InChI is InChI=1S/C18H22N2O6/c1-3-25-16(22)11-19-17(23)14-8-6-10-20(14)18(24)13-7-4-5-9-15(13)26-12(2)21/h4-5,7,9,14H,3,6,8,10-11H2,1-2H3,(H,19,23). The third-order valence-corrected chi connectivity index (χ3v) is 3.90. The maximum absolute atomic E-state index is 12.9. The summed E-state index contributed by atoms with van der Waals surface area (Å²) in [6.45, 7) is 3.33. The number of hydrogen-bond acceptors (Lipinski definition) is 6. The Morgan fingerprint density at radius 2 is 1.96 bits per heavy atom. The topological polar surface area (TPSA) is 102 Å². The number of amides is 2. The molecule has 1 aliphatic rings. The first-order valence-corrected chi connectivity index (χ1v) is 8.45. The summed E-state index contributed by atoms with van der Waals surface area (Å²) < 4.78 is 9.85. The molecule has 1 unspecified atom stereocenters. The van der Waals surface area contributed by atoms with Crippen molar-refractivity contribution in [2.24, 2.45) is 0 Å². The van der Waals surface area contributed by atoms with Gasteiger partial charge in [0.05, 0.1) is 12.2 Å². The lowest BCUT2D eigenvalue weighted by atomic mass is 10.1. The summed E-state index contributed by atoms with van der Waals surface area (Å²) in [5.41, 5.74) is 0.216. The maximum Gasteiger partial charge on any atom is 0.325 e. The number of rotatable bonds is 6. The smallest absolute Gasteiger partial charge is 0.325 e. The molecular formula is C18H22N2O6. The number of carbonyl (C=O) groups excluding carboxylic acids is 4. The van der Waals surface area contributed by atoms with Crippen LogP contribution in [0.15, 0.2) is 24.3 Å². The summed E-state index contributed by atoms with van der Waals surface area (Å²) in [7, 11) is 0. The molecular weight excluding hydrogens is 340 g/mol. The zero-order valence-electron chi connectivity index (χ0n) is 14.8. The highest BCUT2D eigenvalue weighted by atomic mass is 16.5. The summed E-state index contributed by atoms with van der Waals surface area (Å²) in [5.74, 6) is -1.71. The van der Waals surface area contributed by atoms with Crippen molar-refractivity contribution in [2.75, 3.05) is 19.7 Å². The average molecular weight is 362 g/mol. The van der Waals surface area contributed by atoms with Gasteiger partial charge in [-0.05, 0) is 31.9 Å². The number of nitrogens with zero attached hydrogens (tertiary/aromatic N) is 1. The Morgan fingerprint density at radius 3 is 2.65 bits per heavy atom. The number of benzene rings is 1. The molecule has 0 aliphatic carbocycles. The van der Waals surface area contributed by atoms with E-state index in [2.05, 4.69) is 5.32 Å². The van der Waals surface area contributed by atoms with E-state index in [0.29, 0.717) is 19.4 Å². The van der Waals surface area contributed by atoms with E-state index in [1.807, 2.05) is 0 Å². The number of ether oxygens (including phenoxy) is 2. The number of likely N-dealkylation sites (tertiary alicyclic amines) is 1. The third-order valence-electron chi connectivity index (χ3n) is 3.90. The van der Waals surface area contributed by atoms with Crippen molar-refractivity contribution in [1.82, 2.24) is 10.2 Å². The Balaban J connectivity index is 2.10. The lowest BCUT2D eigenvalue weighted by Gasteiger charge is -2.24. The predicted octanol–water partition coefficient (Wildman–Crippen LogP) is 0.896. The molecule has 8 heteroatoms. The number of esters is 2. The van der Waals surface area contributed by atoms with Crippen molar-refractivity contribution in [3.8, 4) is 5.75 Å². The summed E-state index contributed by atoms with van der Waals surface area (Å²) in [5, 5.41) is 2.50. The van der Waals surface area contributed by atoms with Gasteiger partial charge in [0.25, 0.3) is 5.91 Å². The largest absolute Gasteiger partial charge is 0.465 e. The zero-order valence-corrected chi connectivity index (χ0v) is 14.8. The molecule has 26 heavy (non-hydrogen) atoms. The highest BCUT2D eigenvalue weighted by Gasteiger charge is 2.35. The van der Waals surface area contributed by atoms with E-state index in [-0.39, 0.29) is 24.5 Å². The van der Waals surface area contributed by atoms with Gasteiger partial charge in [0, 0.05) is 13.5 Å². The Bertz CT molecular complexity index is 703. The van der Waals surface area contributed by atoms with E-state index in [0.717, 1.165) is 0 Å². The lowest BCUT2D eigenvalue weighted by molar-refractivity contribution is -0.143. The molecule has 1 saturated heterocycles. The van der Waals surface area contributed by atoms with Crippen LogP contribution >= 0.6 is 0 Å². The van der Waals surface area contributed by atoms with E-state index in [4.69, 9.17) is 9.47 Å². The number of para-hydroxylation sites is 1. The van der Waals surface area contributed by atoms with Crippen LogP contribution in [0, 0.1) is 0 Å². The van der Waals surface area contributed by atoms with Crippen LogP contribution in [0.3, 0.4) is 0 Å². The van der Waals surface area contributed by atoms with Crippen molar-refractivity contribution < 1.29 is 28.7 Å². The predicted molar refractivity (Wildman–Crippen MR) is 91.5 cm³/mol. The molecule has 0 bridgehead atoms. The van der Waals surface area contributed by atoms with Gasteiger partial charge >= 0.3 is 11.9 Å². The molecule has 0 radical (unpaired) electrons. The van der Waals surface area contributed by atoms with Crippen LogP contribution in [0.2, 0.25) is 0 Å². The molecule has 1 aromatic carbocycles. The van der Waals surface area contributed by atoms with Crippen LogP contribution in [-0.2, 0) is 19.1 Å². The second-order valence-electron chi connectivity index (χ2n) is 5.77. The highest BCUT2D eigenvalue weighted by Crippen LogP contribution is 2.25. The zero-order chi connectivity index (χ0) is 19.1. The van der Waals surface area contributed by atoms with E-state index in [1.54, 1.807) is 25.1 Å². The number of hydrogen-bond donors (Lipinski definition) is 1. The second kappa shape index (κ2) is 8.98. The summed E-state index contributed by atoms with van der Waals surface area (Å²) in [6.07, 6.45) is 1.16. The first-order chi connectivity index (χ1) is 12.4. The monoisotopic (exact) mass is 362 g/mol. The van der Waals surface area contributed by atoms with Gasteiger partial charge in [0.1, 0.15) is 18.3 Å². The van der Waals surface area contributed by atoms with Gasteiger partial charge in [-0.15, -0.1) is 0 Å². The first-order valence-electron chi connectivity index (χ1n) is 8.45. The summed E-state index contributed by atoms with van der Waals surface area (Å²) >= 11 is 0. The SMILES string of the molecule is CCOC(=O)CNC(=O)C1CCCN1C(=O)c1ccccc1OC(C)=O. The van der Waals surface area contributed by atoms with Gasteiger partial charge in [-0.25, -0.2) is 0 Å². The molecule has 2 amide bonds. The Morgan fingerprint density at radius 1 is 1.23 bits per heavy atom. The number of nitrogens with one attached hydrogen (secondary N) is 1. The summed E-state index contributed by atoms with van der Waals surface area (Å²) in [4.78, 5) is 49.3. The Hall–Kier alpha value is -2.90. The quantitative estimate of drug-likeness (QED) is 0.596. The molecule has 1 heterocycles. The molecule has 1 aliphatic heterocycles. The van der Waals surface area contributed by atoms with Gasteiger partial charge in [-0.3, -0.25) is 19.2 Å². The molecule has 0 saturated carbocycles. The molecule has 0 aromatic heterocycles. The molecule has 140 valence electrons. The second-order valence-corrected chi connectivity index (χ2v) is 5.77. The molecule has 2 rings (SSSR count). The van der Waals surface area contributed by atoms with Gasteiger partial charge < -0.3 is 19.7 Å². The van der Waals surface area contributed by atoms with Gasteiger partial charge in [0.2, 0.25) is 5.91 Å². The fourth-order valence-corrected chi connectivity index (χ4v) is 2.81. The maximum atomic E-state index is 12.9. The van der Waals surface area contributed by atoms with E-state index in [1.165, 1.54) is 17.9 Å². The van der Waals surface area contributed by atoms with Crippen molar-refractivity contribution in [3.05, 3.63) is 29.8 Å². The fourth-order valence-electron chi connectivity index (χ4n) is 2.81.